The maximum atomic E-state index is 12.2. The second-order valence-electron chi connectivity index (χ2n) is 6.11. The Labute approximate surface area is 98.1 Å². The van der Waals surface area contributed by atoms with E-state index in [0.717, 1.165) is 0 Å². The molecule has 0 saturated carbocycles. The van der Waals surface area contributed by atoms with Gasteiger partial charge in [-0.1, -0.05) is 6.58 Å². The van der Waals surface area contributed by atoms with Crippen LogP contribution in [0.3, 0.4) is 0 Å². The van der Waals surface area contributed by atoms with Crippen LogP contribution in [0.25, 0.3) is 0 Å². The number of amides is 1. The molecule has 16 heavy (non-hydrogen) atoms. The molecule has 0 spiro atoms. The molecule has 0 bridgehead atoms. The molecule has 1 saturated heterocycles. The van der Waals surface area contributed by atoms with Crippen LogP contribution in [0.15, 0.2) is 12.2 Å². The van der Waals surface area contributed by atoms with Crippen LogP contribution in [0, 0.1) is 0 Å². The van der Waals surface area contributed by atoms with Gasteiger partial charge in [0.2, 0.25) is 5.91 Å². The number of carbonyl (C=O) groups excluding carboxylic acids is 1. The number of nitrogens with zero attached hydrogens (tertiary/aromatic N) is 1. The zero-order valence-corrected chi connectivity index (χ0v) is 11.0. The average Bonchev–Trinajstić information content (AvgIpc) is 1.96. The molecule has 3 heteroatoms. The number of carbonyl (C=O) groups is 1. The van der Waals surface area contributed by atoms with E-state index in [1.165, 1.54) is 0 Å². The van der Waals surface area contributed by atoms with Gasteiger partial charge in [0, 0.05) is 16.7 Å². The van der Waals surface area contributed by atoms with Crippen molar-refractivity contribution in [2.24, 2.45) is 0 Å². The van der Waals surface area contributed by atoms with E-state index in [1.54, 1.807) is 6.92 Å². The van der Waals surface area contributed by atoms with Crippen molar-refractivity contribution in [1.29, 1.82) is 0 Å². The Kier molecular flexibility index (Phi) is 3.21. The summed E-state index contributed by atoms with van der Waals surface area (Å²) < 4.78 is 0. The zero-order chi connectivity index (χ0) is 12.7. The van der Waals surface area contributed by atoms with Crippen molar-refractivity contribution in [3.05, 3.63) is 12.2 Å². The molecule has 3 nitrogen and oxygen atoms in total. The van der Waals surface area contributed by atoms with Crippen molar-refractivity contribution in [1.82, 2.24) is 4.90 Å². The first-order valence-electron chi connectivity index (χ1n) is 5.76. The molecule has 1 aliphatic heterocycles. The summed E-state index contributed by atoms with van der Waals surface area (Å²) in [4.78, 5) is 14.1. The largest absolute Gasteiger partial charge is 0.393 e. The van der Waals surface area contributed by atoms with Gasteiger partial charge in [-0.2, -0.15) is 0 Å². The Bertz CT molecular complexity index is 300. The van der Waals surface area contributed by atoms with Crippen LogP contribution >= 0.6 is 0 Å². The highest BCUT2D eigenvalue weighted by molar-refractivity contribution is 5.93. The van der Waals surface area contributed by atoms with Crippen molar-refractivity contribution in [3.63, 3.8) is 0 Å². The van der Waals surface area contributed by atoms with Crippen LogP contribution < -0.4 is 0 Å². The first-order valence-corrected chi connectivity index (χ1v) is 5.76. The number of aliphatic hydroxyl groups is 1. The highest BCUT2D eigenvalue weighted by Crippen LogP contribution is 2.39. The molecule has 1 aliphatic rings. The van der Waals surface area contributed by atoms with Gasteiger partial charge in [0.15, 0.2) is 0 Å². The van der Waals surface area contributed by atoms with Gasteiger partial charge in [0.25, 0.3) is 0 Å². The van der Waals surface area contributed by atoms with E-state index < -0.39 is 0 Å². The Morgan fingerprint density at radius 3 is 1.94 bits per heavy atom. The van der Waals surface area contributed by atoms with Crippen LogP contribution in [0.5, 0.6) is 0 Å². The standard InChI is InChI=1S/C13H23NO2/c1-9(2)11(16)14-12(3,4)7-10(15)8-13(14,5)6/h10,15H,1,7-8H2,2-6H3. The van der Waals surface area contributed by atoms with E-state index >= 15 is 0 Å². The maximum Gasteiger partial charge on any atom is 0.249 e. The number of rotatable bonds is 1. The molecular formula is C13H23NO2. The maximum absolute atomic E-state index is 12.2. The second-order valence-corrected chi connectivity index (χ2v) is 6.11. The molecule has 0 atom stereocenters. The van der Waals surface area contributed by atoms with Crippen LogP contribution in [0.1, 0.15) is 47.5 Å². The van der Waals surface area contributed by atoms with Crippen molar-refractivity contribution in [3.8, 4) is 0 Å². The summed E-state index contributed by atoms with van der Waals surface area (Å²) in [6.45, 7) is 13.5. The smallest absolute Gasteiger partial charge is 0.249 e. The highest BCUT2D eigenvalue weighted by Gasteiger charge is 2.47. The van der Waals surface area contributed by atoms with Gasteiger partial charge in [-0.05, 0) is 47.5 Å². The minimum Gasteiger partial charge on any atom is -0.393 e. The van der Waals surface area contributed by atoms with E-state index in [9.17, 15) is 9.90 Å². The van der Waals surface area contributed by atoms with Crippen LogP contribution in [0.2, 0.25) is 0 Å². The predicted molar refractivity (Wildman–Crippen MR) is 65.1 cm³/mol. The number of piperidine rings is 1. The van der Waals surface area contributed by atoms with Crippen molar-refractivity contribution >= 4 is 5.91 Å². The van der Waals surface area contributed by atoms with Gasteiger partial charge in [-0.15, -0.1) is 0 Å². The SMILES string of the molecule is C=C(C)C(=O)N1C(C)(C)CC(O)CC1(C)C. The van der Waals surface area contributed by atoms with Gasteiger partial charge in [-0.25, -0.2) is 0 Å². The lowest BCUT2D eigenvalue weighted by atomic mass is 9.77. The molecular weight excluding hydrogens is 202 g/mol. The van der Waals surface area contributed by atoms with Gasteiger partial charge in [0.1, 0.15) is 0 Å². The van der Waals surface area contributed by atoms with Crippen LogP contribution in [-0.2, 0) is 4.79 Å². The van der Waals surface area contributed by atoms with E-state index in [4.69, 9.17) is 0 Å². The van der Waals surface area contributed by atoms with Gasteiger partial charge >= 0.3 is 0 Å². The summed E-state index contributed by atoms with van der Waals surface area (Å²) in [6, 6.07) is 0. The number of hydrogen-bond acceptors (Lipinski definition) is 2. The molecule has 0 aromatic carbocycles. The lowest BCUT2D eigenvalue weighted by Crippen LogP contribution is -2.64. The van der Waals surface area contributed by atoms with Crippen molar-refractivity contribution in [2.45, 2.75) is 64.6 Å². The topological polar surface area (TPSA) is 40.5 Å². The fourth-order valence-electron chi connectivity index (χ4n) is 2.97. The minimum atomic E-state index is -0.334. The van der Waals surface area contributed by atoms with E-state index in [0.29, 0.717) is 18.4 Å². The average molecular weight is 225 g/mol. The Morgan fingerprint density at radius 1 is 1.25 bits per heavy atom. The van der Waals surface area contributed by atoms with Crippen molar-refractivity contribution in [2.75, 3.05) is 0 Å². The second kappa shape index (κ2) is 3.88. The summed E-state index contributed by atoms with van der Waals surface area (Å²) in [5.41, 5.74) is -0.0912. The van der Waals surface area contributed by atoms with Gasteiger partial charge < -0.3 is 10.0 Å². The van der Waals surface area contributed by atoms with Gasteiger partial charge in [0.05, 0.1) is 6.10 Å². The molecule has 92 valence electrons. The molecule has 1 N–H and O–H groups in total. The molecule has 0 aliphatic carbocycles. The summed E-state index contributed by atoms with van der Waals surface area (Å²) in [5.74, 6) is -0.0121. The lowest BCUT2D eigenvalue weighted by molar-refractivity contribution is -0.150. The van der Waals surface area contributed by atoms with Crippen molar-refractivity contribution < 1.29 is 9.90 Å². The Morgan fingerprint density at radius 2 is 1.62 bits per heavy atom. The third kappa shape index (κ3) is 2.29. The summed E-state index contributed by atoms with van der Waals surface area (Å²) in [5, 5.41) is 9.86. The minimum absolute atomic E-state index is 0.0121. The molecule has 1 amide bonds. The molecule has 0 radical (unpaired) electrons. The van der Waals surface area contributed by atoms with E-state index in [2.05, 4.69) is 6.58 Å². The Hall–Kier alpha value is -0.830. The molecule has 1 fully saturated rings. The number of likely N-dealkylation sites (tertiary alicyclic amines) is 1. The van der Waals surface area contributed by atoms with E-state index in [1.807, 2.05) is 32.6 Å². The van der Waals surface area contributed by atoms with Gasteiger partial charge in [-0.3, -0.25) is 4.79 Å². The monoisotopic (exact) mass is 225 g/mol. The first kappa shape index (κ1) is 13.2. The quantitative estimate of drug-likeness (QED) is 0.694. The fraction of sp³-hybridized carbons (Fsp3) is 0.769. The molecule has 1 rings (SSSR count). The Balaban J connectivity index is 3.11. The molecule has 0 unspecified atom stereocenters. The third-order valence-corrected chi connectivity index (χ3v) is 3.25. The fourth-order valence-corrected chi connectivity index (χ4v) is 2.97. The number of aliphatic hydroxyl groups excluding tert-OH is 1. The lowest BCUT2D eigenvalue weighted by Gasteiger charge is -2.54. The summed E-state index contributed by atoms with van der Waals surface area (Å²) in [7, 11) is 0. The normalized spacial score (nSPS) is 24.2. The zero-order valence-electron chi connectivity index (χ0n) is 11.0. The molecule has 0 aromatic heterocycles. The van der Waals surface area contributed by atoms with Crippen LogP contribution in [-0.4, -0.2) is 33.1 Å². The third-order valence-electron chi connectivity index (χ3n) is 3.25. The highest BCUT2D eigenvalue weighted by atomic mass is 16.3. The molecule has 1 heterocycles. The summed E-state index contributed by atoms with van der Waals surface area (Å²) in [6.07, 6.45) is 0.907. The van der Waals surface area contributed by atoms with E-state index in [-0.39, 0.29) is 23.1 Å². The number of hydrogen-bond donors (Lipinski definition) is 1. The van der Waals surface area contributed by atoms with Crippen LogP contribution in [0.4, 0.5) is 0 Å². The predicted octanol–water partition coefficient (Wildman–Crippen LogP) is 2.10. The first-order chi connectivity index (χ1) is 7.08. The summed E-state index contributed by atoms with van der Waals surface area (Å²) >= 11 is 0. The molecule has 0 aromatic rings.